The first-order valence-electron chi connectivity index (χ1n) is 12.6. The maximum absolute atomic E-state index is 14.6. The zero-order valence-electron chi connectivity index (χ0n) is 20.6. The SMILES string of the molecule is CNC(=O)C1CCC(NC(=O)c2cnc(Nc3ccc4ncsc4c3)cc2NC2CCOCC2F)CC1. The first-order valence-corrected chi connectivity index (χ1v) is 13.5. The average molecular weight is 527 g/mol. The van der Waals surface area contributed by atoms with Crippen molar-refractivity contribution in [1.29, 1.82) is 0 Å². The number of carbonyl (C=O) groups excluding carboxylic acids is 2. The first kappa shape index (κ1) is 25.3. The summed E-state index contributed by atoms with van der Waals surface area (Å²) in [6.45, 7) is 0.484. The molecule has 1 saturated carbocycles. The summed E-state index contributed by atoms with van der Waals surface area (Å²) in [5.41, 5.74) is 4.44. The van der Waals surface area contributed by atoms with Crippen LogP contribution in [0, 0.1) is 5.92 Å². The predicted octanol–water partition coefficient (Wildman–Crippen LogP) is 4.01. The van der Waals surface area contributed by atoms with Gasteiger partial charge in [0.25, 0.3) is 5.91 Å². The van der Waals surface area contributed by atoms with E-state index in [0.717, 1.165) is 41.6 Å². The topological polar surface area (TPSA) is 117 Å². The average Bonchev–Trinajstić information content (AvgIpc) is 3.38. The summed E-state index contributed by atoms with van der Waals surface area (Å²) in [6, 6.07) is 7.10. The van der Waals surface area contributed by atoms with E-state index in [2.05, 4.69) is 31.2 Å². The van der Waals surface area contributed by atoms with Crippen molar-refractivity contribution in [2.45, 2.75) is 50.4 Å². The molecule has 0 bridgehead atoms. The number of fused-ring (bicyclic) bond motifs is 1. The molecule has 2 atom stereocenters. The van der Waals surface area contributed by atoms with E-state index in [4.69, 9.17) is 4.74 Å². The number of amides is 2. The summed E-state index contributed by atoms with van der Waals surface area (Å²) in [5, 5.41) is 12.3. The zero-order chi connectivity index (χ0) is 25.8. The number of halogens is 1. The minimum atomic E-state index is -1.18. The number of nitrogens with zero attached hydrogens (tertiary/aromatic N) is 2. The third kappa shape index (κ3) is 5.99. The van der Waals surface area contributed by atoms with E-state index >= 15 is 0 Å². The van der Waals surface area contributed by atoms with Crippen LogP contribution in [0.25, 0.3) is 10.2 Å². The van der Waals surface area contributed by atoms with E-state index in [-0.39, 0.29) is 30.4 Å². The minimum absolute atomic E-state index is 0.0124. The molecule has 4 N–H and O–H groups in total. The quantitative estimate of drug-likeness (QED) is 0.368. The van der Waals surface area contributed by atoms with E-state index in [1.807, 2.05) is 18.2 Å². The number of alkyl halides is 1. The highest BCUT2D eigenvalue weighted by molar-refractivity contribution is 7.16. The van der Waals surface area contributed by atoms with Crippen molar-refractivity contribution >= 4 is 50.6 Å². The molecule has 2 aliphatic rings. The van der Waals surface area contributed by atoms with Gasteiger partial charge in [-0.3, -0.25) is 9.59 Å². The predicted molar refractivity (Wildman–Crippen MR) is 142 cm³/mol. The Kier molecular flexibility index (Phi) is 7.80. The highest BCUT2D eigenvalue weighted by Crippen LogP contribution is 2.29. The third-order valence-corrected chi connectivity index (χ3v) is 7.85. The molecule has 2 unspecified atom stereocenters. The standard InChI is InChI=1S/C26H31FN6O3S/c1-28-25(34)15-2-4-16(5-3-15)32-26(35)18-12-29-24(11-22(18)33-20-8-9-36-13-19(20)27)31-17-6-7-21-23(10-17)37-14-30-21/h6-7,10-12,14-16,19-20H,2-5,8-9,13H2,1H3,(H,28,34)(H,32,35)(H2,29,31,33). The molecule has 5 rings (SSSR count). The van der Waals surface area contributed by atoms with Gasteiger partial charge in [0.2, 0.25) is 5.91 Å². The zero-order valence-corrected chi connectivity index (χ0v) is 21.4. The van der Waals surface area contributed by atoms with Gasteiger partial charge < -0.3 is 26.0 Å². The van der Waals surface area contributed by atoms with Gasteiger partial charge in [-0.1, -0.05) is 0 Å². The summed E-state index contributed by atoms with van der Waals surface area (Å²) in [4.78, 5) is 34.0. The molecule has 1 aromatic carbocycles. The Morgan fingerprint density at radius 2 is 1.95 bits per heavy atom. The Bertz CT molecular complexity index is 1260. The number of hydrogen-bond acceptors (Lipinski definition) is 8. The normalized spacial score (nSPS) is 23.8. The van der Waals surface area contributed by atoms with Crippen LogP contribution in [0.5, 0.6) is 0 Å². The number of carbonyl (C=O) groups is 2. The fourth-order valence-electron chi connectivity index (χ4n) is 4.94. The van der Waals surface area contributed by atoms with Crippen LogP contribution >= 0.6 is 11.3 Å². The Morgan fingerprint density at radius 3 is 2.73 bits per heavy atom. The van der Waals surface area contributed by atoms with Crippen LogP contribution in [0.2, 0.25) is 0 Å². The molecular weight excluding hydrogens is 495 g/mol. The summed E-state index contributed by atoms with van der Waals surface area (Å²) >= 11 is 1.55. The summed E-state index contributed by atoms with van der Waals surface area (Å²) in [6.07, 6.45) is 3.76. The first-order chi connectivity index (χ1) is 18.0. The molecule has 1 aliphatic heterocycles. The van der Waals surface area contributed by atoms with Crippen molar-refractivity contribution in [1.82, 2.24) is 20.6 Å². The number of nitrogens with one attached hydrogen (secondary N) is 4. The Balaban J connectivity index is 1.33. The number of aromatic nitrogens is 2. The summed E-state index contributed by atoms with van der Waals surface area (Å²) in [7, 11) is 1.65. The molecule has 3 aromatic rings. The molecule has 0 radical (unpaired) electrons. The van der Waals surface area contributed by atoms with E-state index in [9.17, 15) is 14.0 Å². The Hall–Kier alpha value is -3.31. The molecule has 1 saturated heterocycles. The van der Waals surface area contributed by atoms with Gasteiger partial charge in [0.1, 0.15) is 12.0 Å². The van der Waals surface area contributed by atoms with Crippen molar-refractivity contribution in [3.8, 4) is 0 Å². The van der Waals surface area contributed by atoms with Gasteiger partial charge in [0.05, 0.1) is 39.6 Å². The van der Waals surface area contributed by atoms with Crippen LogP contribution in [0.3, 0.4) is 0 Å². The van der Waals surface area contributed by atoms with Gasteiger partial charge in [0.15, 0.2) is 0 Å². The van der Waals surface area contributed by atoms with Gasteiger partial charge >= 0.3 is 0 Å². The van der Waals surface area contributed by atoms with Gasteiger partial charge in [-0.25, -0.2) is 14.4 Å². The number of benzene rings is 1. The van der Waals surface area contributed by atoms with Crippen molar-refractivity contribution in [3.63, 3.8) is 0 Å². The maximum atomic E-state index is 14.6. The van der Waals surface area contributed by atoms with Crippen LogP contribution in [0.4, 0.5) is 21.6 Å². The molecule has 2 amide bonds. The molecule has 2 fully saturated rings. The van der Waals surface area contributed by atoms with E-state index in [0.29, 0.717) is 30.1 Å². The van der Waals surface area contributed by atoms with Crippen LogP contribution in [-0.2, 0) is 9.53 Å². The van der Waals surface area contributed by atoms with Gasteiger partial charge in [-0.15, -0.1) is 11.3 Å². The van der Waals surface area contributed by atoms with E-state index in [1.165, 1.54) is 6.20 Å². The number of rotatable bonds is 7. The Labute approximate surface area is 218 Å². The molecule has 37 heavy (non-hydrogen) atoms. The van der Waals surface area contributed by atoms with Crippen molar-refractivity contribution in [2.24, 2.45) is 5.92 Å². The molecule has 3 heterocycles. The molecule has 1 aliphatic carbocycles. The lowest BCUT2D eigenvalue weighted by molar-refractivity contribution is -0.125. The lowest BCUT2D eigenvalue weighted by Crippen LogP contribution is -2.41. The summed E-state index contributed by atoms with van der Waals surface area (Å²) < 4.78 is 20.9. The fraction of sp³-hybridized carbons (Fsp3) is 0.462. The Morgan fingerprint density at radius 1 is 1.11 bits per heavy atom. The molecule has 196 valence electrons. The number of pyridine rings is 1. The van der Waals surface area contributed by atoms with Crippen LogP contribution < -0.4 is 21.3 Å². The number of ether oxygens (including phenoxy) is 1. The molecule has 9 nitrogen and oxygen atoms in total. The number of thiazole rings is 1. The molecule has 11 heteroatoms. The minimum Gasteiger partial charge on any atom is -0.378 e. The van der Waals surface area contributed by atoms with Gasteiger partial charge in [-0.2, -0.15) is 0 Å². The van der Waals surface area contributed by atoms with Crippen LogP contribution in [0.15, 0.2) is 36.0 Å². The third-order valence-electron chi connectivity index (χ3n) is 7.06. The van der Waals surface area contributed by atoms with Crippen LogP contribution in [-0.4, -0.2) is 60.3 Å². The van der Waals surface area contributed by atoms with Crippen molar-refractivity contribution in [2.75, 3.05) is 30.9 Å². The molecular formula is C26H31FN6O3S. The molecule has 2 aromatic heterocycles. The lowest BCUT2D eigenvalue weighted by Gasteiger charge is -2.30. The second-order valence-corrected chi connectivity index (χ2v) is 10.4. The molecule has 0 spiro atoms. The van der Waals surface area contributed by atoms with Crippen molar-refractivity contribution < 1.29 is 18.7 Å². The second-order valence-electron chi connectivity index (χ2n) is 9.54. The number of anilines is 3. The smallest absolute Gasteiger partial charge is 0.255 e. The van der Waals surface area contributed by atoms with E-state index < -0.39 is 12.2 Å². The second kappa shape index (κ2) is 11.4. The monoisotopic (exact) mass is 526 g/mol. The van der Waals surface area contributed by atoms with E-state index in [1.54, 1.807) is 30.0 Å². The lowest BCUT2D eigenvalue weighted by atomic mass is 9.85. The largest absolute Gasteiger partial charge is 0.378 e. The van der Waals surface area contributed by atoms with Gasteiger partial charge in [-0.05, 0) is 50.3 Å². The summed E-state index contributed by atoms with van der Waals surface area (Å²) in [5.74, 6) is 0.312. The maximum Gasteiger partial charge on any atom is 0.255 e. The van der Waals surface area contributed by atoms with Gasteiger partial charge in [0, 0.05) is 43.6 Å². The highest BCUT2D eigenvalue weighted by atomic mass is 32.1. The highest BCUT2D eigenvalue weighted by Gasteiger charge is 2.29. The number of hydrogen-bond donors (Lipinski definition) is 4. The fourth-order valence-corrected chi connectivity index (χ4v) is 5.65. The van der Waals surface area contributed by atoms with Crippen molar-refractivity contribution in [3.05, 3.63) is 41.5 Å². The van der Waals surface area contributed by atoms with Crippen LogP contribution in [0.1, 0.15) is 42.5 Å².